The smallest absolute Gasteiger partial charge is 0.237 e. The summed E-state index contributed by atoms with van der Waals surface area (Å²) >= 11 is 1.44. The second-order valence-electron chi connectivity index (χ2n) is 6.56. The molecule has 0 radical (unpaired) electrons. The van der Waals surface area contributed by atoms with Gasteiger partial charge in [0.05, 0.1) is 35.7 Å². The first-order valence-electron chi connectivity index (χ1n) is 8.99. The van der Waals surface area contributed by atoms with Crippen LogP contribution in [-0.2, 0) is 4.79 Å². The quantitative estimate of drug-likeness (QED) is 0.595. The van der Waals surface area contributed by atoms with Crippen LogP contribution >= 0.6 is 11.8 Å². The Morgan fingerprint density at radius 3 is 2.57 bits per heavy atom. The van der Waals surface area contributed by atoms with E-state index in [1.165, 1.54) is 11.8 Å². The molecule has 0 saturated heterocycles. The van der Waals surface area contributed by atoms with Crippen molar-refractivity contribution in [1.82, 2.24) is 4.98 Å². The molecule has 0 spiro atoms. The molecule has 146 valence electrons. The number of nitrogens with zero attached hydrogens (tertiary/aromatic N) is 1. The fraction of sp³-hybridized carbons (Fsp3) is 0.273. The van der Waals surface area contributed by atoms with E-state index in [1.807, 2.05) is 19.1 Å². The van der Waals surface area contributed by atoms with E-state index >= 15 is 0 Å². The average molecular weight is 397 g/mol. The first-order chi connectivity index (χ1) is 13.4. The highest BCUT2D eigenvalue weighted by molar-refractivity contribution is 8.00. The van der Waals surface area contributed by atoms with E-state index in [-0.39, 0.29) is 11.2 Å². The van der Waals surface area contributed by atoms with Gasteiger partial charge in [0.2, 0.25) is 5.91 Å². The van der Waals surface area contributed by atoms with Crippen LogP contribution in [0, 0.1) is 13.8 Å². The summed E-state index contributed by atoms with van der Waals surface area (Å²) in [5.74, 6) is 1.11. The number of benzene rings is 2. The van der Waals surface area contributed by atoms with Gasteiger partial charge in [0, 0.05) is 11.5 Å². The number of methoxy groups -OCH3 is 2. The number of pyridine rings is 1. The number of hydrogen-bond donors (Lipinski definition) is 1. The number of ether oxygens (including phenoxy) is 2. The predicted octanol–water partition coefficient (Wildman–Crippen LogP) is 4.99. The lowest BCUT2D eigenvalue weighted by Crippen LogP contribution is -2.22. The number of rotatable bonds is 6. The molecule has 28 heavy (non-hydrogen) atoms. The maximum atomic E-state index is 12.7. The lowest BCUT2D eigenvalue weighted by atomic mass is 10.1. The zero-order chi connectivity index (χ0) is 20.3. The second kappa shape index (κ2) is 8.52. The van der Waals surface area contributed by atoms with Gasteiger partial charge in [0.1, 0.15) is 11.5 Å². The highest BCUT2D eigenvalue weighted by Crippen LogP contribution is 2.31. The van der Waals surface area contributed by atoms with Crippen LogP contribution in [0.3, 0.4) is 0 Å². The van der Waals surface area contributed by atoms with Crippen molar-refractivity contribution in [3.05, 3.63) is 53.6 Å². The van der Waals surface area contributed by atoms with Crippen LogP contribution in [-0.4, -0.2) is 30.4 Å². The number of aromatic nitrogens is 1. The zero-order valence-corrected chi connectivity index (χ0v) is 17.5. The largest absolute Gasteiger partial charge is 0.497 e. The Hall–Kier alpha value is -2.73. The molecule has 0 fully saturated rings. The van der Waals surface area contributed by atoms with Crippen molar-refractivity contribution in [2.45, 2.75) is 31.0 Å². The van der Waals surface area contributed by atoms with E-state index in [9.17, 15) is 4.79 Å². The first-order valence-corrected chi connectivity index (χ1v) is 9.87. The van der Waals surface area contributed by atoms with Crippen molar-refractivity contribution < 1.29 is 14.3 Å². The summed E-state index contributed by atoms with van der Waals surface area (Å²) in [7, 11) is 3.15. The number of para-hydroxylation sites is 1. The third-order valence-corrected chi connectivity index (χ3v) is 5.57. The Bertz CT molecular complexity index is 1020. The van der Waals surface area contributed by atoms with Crippen LogP contribution in [0.2, 0.25) is 0 Å². The van der Waals surface area contributed by atoms with Crippen LogP contribution in [0.1, 0.15) is 18.1 Å². The van der Waals surface area contributed by atoms with Crippen LogP contribution in [0.4, 0.5) is 5.69 Å². The minimum Gasteiger partial charge on any atom is -0.497 e. The van der Waals surface area contributed by atoms with Crippen molar-refractivity contribution in [2.24, 2.45) is 0 Å². The maximum Gasteiger partial charge on any atom is 0.237 e. The van der Waals surface area contributed by atoms with Gasteiger partial charge in [-0.15, -0.1) is 0 Å². The molecule has 1 amide bonds. The number of aryl methyl sites for hydroxylation is 2. The van der Waals surface area contributed by atoms with Crippen molar-refractivity contribution in [2.75, 3.05) is 19.5 Å². The SMILES string of the molecule is COc1ccc(OC)c(NC(=O)C(C)Sc2cc(C)c3cccc(C)c3n2)c1. The van der Waals surface area contributed by atoms with Gasteiger partial charge in [-0.05, 0) is 50.1 Å². The van der Waals surface area contributed by atoms with E-state index in [4.69, 9.17) is 14.5 Å². The van der Waals surface area contributed by atoms with Crippen molar-refractivity contribution >= 4 is 34.3 Å². The van der Waals surface area contributed by atoms with Gasteiger partial charge >= 0.3 is 0 Å². The lowest BCUT2D eigenvalue weighted by Gasteiger charge is -2.15. The second-order valence-corrected chi connectivity index (χ2v) is 7.93. The number of carbonyl (C=O) groups is 1. The molecule has 3 rings (SSSR count). The van der Waals surface area contributed by atoms with Crippen LogP contribution < -0.4 is 14.8 Å². The van der Waals surface area contributed by atoms with E-state index in [2.05, 4.69) is 31.3 Å². The van der Waals surface area contributed by atoms with Gasteiger partial charge in [0.25, 0.3) is 0 Å². The van der Waals surface area contributed by atoms with Crippen LogP contribution in [0.5, 0.6) is 11.5 Å². The van der Waals surface area contributed by atoms with Crippen molar-refractivity contribution in [3.63, 3.8) is 0 Å². The van der Waals surface area contributed by atoms with E-state index < -0.39 is 0 Å². The molecular formula is C22H24N2O3S. The number of thioether (sulfide) groups is 1. The van der Waals surface area contributed by atoms with Gasteiger partial charge in [-0.2, -0.15) is 0 Å². The predicted molar refractivity (Wildman–Crippen MR) is 115 cm³/mol. The molecule has 1 heterocycles. The Morgan fingerprint density at radius 2 is 1.86 bits per heavy atom. The molecule has 3 aromatic rings. The number of nitrogens with one attached hydrogen (secondary N) is 1. The number of fused-ring (bicyclic) bond motifs is 1. The molecule has 0 bridgehead atoms. The fourth-order valence-electron chi connectivity index (χ4n) is 2.97. The Labute approximate surface area is 169 Å². The molecular weight excluding hydrogens is 372 g/mol. The third kappa shape index (κ3) is 4.22. The molecule has 1 aromatic heterocycles. The fourth-order valence-corrected chi connectivity index (χ4v) is 3.89. The van der Waals surface area contributed by atoms with E-state index in [0.717, 1.165) is 27.1 Å². The molecule has 0 aliphatic carbocycles. The van der Waals surface area contributed by atoms with Crippen molar-refractivity contribution in [1.29, 1.82) is 0 Å². The minimum atomic E-state index is -0.329. The zero-order valence-electron chi connectivity index (χ0n) is 16.7. The molecule has 1 atom stereocenters. The van der Waals surface area contributed by atoms with Gasteiger partial charge < -0.3 is 14.8 Å². The molecule has 1 unspecified atom stereocenters. The number of amides is 1. The standard InChI is InChI=1S/C22H24N2O3S/c1-13-7-6-8-17-14(2)11-20(24-21(13)17)28-15(3)22(25)23-18-12-16(26-4)9-10-19(18)27-5/h6-12,15H,1-5H3,(H,23,25). The summed E-state index contributed by atoms with van der Waals surface area (Å²) in [6.07, 6.45) is 0. The first kappa shape index (κ1) is 20.0. The van der Waals surface area contributed by atoms with E-state index in [1.54, 1.807) is 32.4 Å². The van der Waals surface area contributed by atoms with Gasteiger partial charge in [0.15, 0.2) is 0 Å². The Kier molecular flexibility index (Phi) is 6.09. The van der Waals surface area contributed by atoms with Gasteiger partial charge in [-0.1, -0.05) is 30.0 Å². The molecule has 5 nitrogen and oxygen atoms in total. The number of anilines is 1. The molecule has 1 N–H and O–H groups in total. The topological polar surface area (TPSA) is 60.5 Å². The summed E-state index contributed by atoms with van der Waals surface area (Å²) in [5.41, 5.74) is 3.84. The van der Waals surface area contributed by atoms with Gasteiger partial charge in [-0.3, -0.25) is 4.79 Å². The highest BCUT2D eigenvalue weighted by Gasteiger charge is 2.18. The van der Waals surface area contributed by atoms with Crippen LogP contribution in [0.15, 0.2) is 47.5 Å². The highest BCUT2D eigenvalue weighted by atomic mass is 32.2. The Morgan fingerprint density at radius 1 is 1.07 bits per heavy atom. The summed E-state index contributed by atoms with van der Waals surface area (Å²) in [4.78, 5) is 17.5. The Balaban J connectivity index is 1.80. The van der Waals surface area contributed by atoms with Crippen molar-refractivity contribution in [3.8, 4) is 11.5 Å². The lowest BCUT2D eigenvalue weighted by molar-refractivity contribution is -0.115. The molecule has 0 aliphatic heterocycles. The molecule has 0 aliphatic rings. The number of hydrogen-bond acceptors (Lipinski definition) is 5. The normalized spacial score (nSPS) is 11.9. The molecule has 2 aromatic carbocycles. The summed E-state index contributed by atoms with van der Waals surface area (Å²) in [6, 6.07) is 13.5. The average Bonchev–Trinajstić information content (AvgIpc) is 2.68. The summed E-state index contributed by atoms with van der Waals surface area (Å²) in [5, 5.41) is 4.57. The molecule has 0 saturated carbocycles. The molecule has 6 heteroatoms. The van der Waals surface area contributed by atoms with Gasteiger partial charge in [-0.25, -0.2) is 4.98 Å². The number of carbonyl (C=O) groups excluding carboxylic acids is 1. The van der Waals surface area contributed by atoms with Crippen LogP contribution in [0.25, 0.3) is 10.9 Å². The monoisotopic (exact) mass is 396 g/mol. The van der Waals surface area contributed by atoms with E-state index in [0.29, 0.717) is 17.2 Å². The summed E-state index contributed by atoms with van der Waals surface area (Å²) in [6.45, 7) is 5.99. The maximum absolute atomic E-state index is 12.7. The third-order valence-electron chi connectivity index (χ3n) is 4.56. The minimum absolute atomic E-state index is 0.124. The summed E-state index contributed by atoms with van der Waals surface area (Å²) < 4.78 is 10.6.